The summed E-state index contributed by atoms with van der Waals surface area (Å²) in [5.74, 6) is 0.812. The van der Waals surface area contributed by atoms with Gasteiger partial charge < -0.3 is 9.64 Å². The number of likely N-dealkylation sites (tertiary alicyclic amines) is 1. The van der Waals surface area contributed by atoms with Gasteiger partial charge in [0.1, 0.15) is 11.9 Å². The fourth-order valence-electron chi connectivity index (χ4n) is 2.97. The Morgan fingerprint density at radius 2 is 1.89 bits per heavy atom. The Morgan fingerprint density at radius 1 is 1.16 bits per heavy atom. The van der Waals surface area contributed by atoms with Crippen LogP contribution in [0.3, 0.4) is 0 Å². The molecule has 1 aliphatic heterocycles. The molecule has 0 atom stereocenters. The summed E-state index contributed by atoms with van der Waals surface area (Å²) in [6.07, 6.45) is 6.75. The van der Waals surface area contributed by atoms with Gasteiger partial charge in [0.15, 0.2) is 0 Å². The zero-order chi connectivity index (χ0) is 13.2. The molecule has 0 aromatic heterocycles. The van der Waals surface area contributed by atoms with Gasteiger partial charge in [-0.05, 0) is 44.1 Å². The fourth-order valence-corrected chi connectivity index (χ4v) is 3.68. The van der Waals surface area contributed by atoms with Gasteiger partial charge in [-0.1, -0.05) is 34.0 Å². The molecule has 0 unspecified atom stereocenters. The summed E-state index contributed by atoms with van der Waals surface area (Å²) in [6, 6.07) is 6.54. The van der Waals surface area contributed by atoms with Crippen molar-refractivity contribution in [2.45, 2.75) is 44.2 Å². The van der Waals surface area contributed by atoms with Crippen molar-refractivity contribution in [3.05, 3.63) is 27.7 Å². The van der Waals surface area contributed by atoms with Crippen LogP contribution in [0.2, 0.25) is 5.02 Å². The van der Waals surface area contributed by atoms with Gasteiger partial charge in [-0.25, -0.2) is 0 Å². The van der Waals surface area contributed by atoms with E-state index < -0.39 is 0 Å². The van der Waals surface area contributed by atoms with Crippen LogP contribution in [0.15, 0.2) is 22.7 Å². The SMILES string of the molecule is Clc1cc(Br)ccc1OC1CC(N2CCCCC2)C1. The first-order valence-electron chi connectivity index (χ1n) is 7.08. The molecule has 1 heterocycles. The minimum Gasteiger partial charge on any atom is -0.489 e. The first-order chi connectivity index (χ1) is 9.22. The largest absolute Gasteiger partial charge is 0.489 e. The minimum absolute atomic E-state index is 0.339. The second kappa shape index (κ2) is 6.02. The second-order valence-electron chi connectivity index (χ2n) is 5.54. The van der Waals surface area contributed by atoms with Gasteiger partial charge >= 0.3 is 0 Å². The summed E-state index contributed by atoms with van der Waals surface area (Å²) in [5, 5.41) is 0.691. The Balaban J connectivity index is 1.50. The lowest BCUT2D eigenvalue weighted by Crippen LogP contribution is -2.50. The van der Waals surface area contributed by atoms with Crippen molar-refractivity contribution < 1.29 is 4.74 Å². The van der Waals surface area contributed by atoms with Crippen LogP contribution in [0.1, 0.15) is 32.1 Å². The Hall–Kier alpha value is -0.250. The number of halogens is 2. The molecule has 3 rings (SSSR count). The molecule has 4 heteroatoms. The van der Waals surface area contributed by atoms with E-state index in [0.717, 1.165) is 29.1 Å². The normalized spacial score (nSPS) is 27.9. The maximum atomic E-state index is 6.17. The Bertz CT molecular complexity index is 442. The van der Waals surface area contributed by atoms with Crippen molar-refractivity contribution >= 4 is 27.5 Å². The van der Waals surface area contributed by atoms with Crippen LogP contribution in [-0.4, -0.2) is 30.1 Å². The molecule has 0 amide bonds. The van der Waals surface area contributed by atoms with Crippen LogP contribution in [0, 0.1) is 0 Å². The summed E-state index contributed by atoms with van der Waals surface area (Å²) >= 11 is 9.58. The predicted octanol–water partition coefficient (Wildman–Crippen LogP) is 4.50. The molecule has 0 N–H and O–H groups in total. The van der Waals surface area contributed by atoms with E-state index in [9.17, 15) is 0 Å². The van der Waals surface area contributed by atoms with Crippen molar-refractivity contribution in [1.82, 2.24) is 4.90 Å². The second-order valence-corrected chi connectivity index (χ2v) is 6.86. The van der Waals surface area contributed by atoms with Gasteiger partial charge in [0, 0.05) is 23.4 Å². The number of benzene rings is 1. The Morgan fingerprint density at radius 3 is 2.58 bits per heavy atom. The molecular formula is C15H19BrClNO. The summed E-state index contributed by atoms with van der Waals surface area (Å²) in [5.41, 5.74) is 0. The van der Waals surface area contributed by atoms with Gasteiger partial charge in [0.2, 0.25) is 0 Å². The lowest BCUT2D eigenvalue weighted by Gasteiger charge is -2.44. The Kier molecular flexibility index (Phi) is 4.35. The third kappa shape index (κ3) is 3.26. The molecule has 2 nitrogen and oxygen atoms in total. The average Bonchev–Trinajstić information content (AvgIpc) is 2.36. The van der Waals surface area contributed by atoms with E-state index in [-0.39, 0.29) is 0 Å². The third-order valence-corrected chi connectivity index (χ3v) is 4.95. The minimum atomic E-state index is 0.339. The molecule has 0 spiro atoms. The van der Waals surface area contributed by atoms with Crippen LogP contribution in [0.4, 0.5) is 0 Å². The number of hydrogen-bond acceptors (Lipinski definition) is 2. The molecule has 1 aliphatic carbocycles. The third-order valence-electron chi connectivity index (χ3n) is 4.16. The molecule has 104 valence electrons. The van der Waals surface area contributed by atoms with Gasteiger partial charge in [0.25, 0.3) is 0 Å². The van der Waals surface area contributed by atoms with E-state index in [1.807, 2.05) is 18.2 Å². The topological polar surface area (TPSA) is 12.5 Å². The highest BCUT2D eigenvalue weighted by Crippen LogP contribution is 2.35. The van der Waals surface area contributed by atoms with Crippen LogP contribution in [0.25, 0.3) is 0 Å². The summed E-state index contributed by atoms with van der Waals surface area (Å²) in [7, 11) is 0. The highest BCUT2D eigenvalue weighted by molar-refractivity contribution is 9.10. The highest BCUT2D eigenvalue weighted by atomic mass is 79.9. The number of ether oxygens (including phenoxy) is 1. The van der Waals surface area contributed by atoms with E-state index in [0.29, 0.717) is 11.1 Å². The van der Waals surface area contributed by atoms with Gasteiger partial charge in [0.05, 0.1) is 5.02 Å². The molecule has 2 fully saturated rings. The zero-order valence-electron chi connectivity index (χ0n) is 10.9. The van der Waals surface area contributed by atoms with Crippen molar-refractivity contribution in [3.8, 4) is 5.75 Å². The van der Waals surface area contributed by atoms with E-state index in [2.05, 4.69) is 20.8 Å². The molecule has 2 aliphatic rings. The van der Waals surface area contributed by atoms with Crippen LogP contribution in [-0.2, 0) is 0 Å². The smallest absolute Gasteiger partial charge is 0.138 e. The van der Waals surface area contributed by atoms with Crippen molar-refractivity contribution in [2.24, 2.45) is 0 Å². The summed E-state index contributed by atoms with van der Waals surface area (Å²) in [4.78, 5) is 2.63. The molecule has 1 saturated heterocycles. The average molecular weight is 345 g/mol. The van der Waals surface area contributed by atoms with Gasteiger partial charge in [-0.15, -0.1) is 0 Å². The van der Waals surface area contributed by atoms with Crippen LogP contribution < -0.4 is 4.74 Å². The number of rotatable bonds is 3. The standard InChI is InChI=1S/C15H19BrClNO/c16-11-4-5-15(14(17)8-11)19-13-9-12(10-13)18-6-2-1-3-7-18/h4-5,8,12-13H,1-3,6-7,9-10H2. The lowest BCUT2D eigenvalue weighted by atomic mass is 9.86. The maximum absolute atomic E-state index is 6.17. The van der Waals surface area contributed by atoms with Crippen LogP contribution >= 0.6 is 27.5 Å². The van der Waals surface area contributed by atoms with Gasteiger partial charge in [-0.2, -0.15) is 0 Å². The van der Waals surface area contributed by atoms with Crippen molar-refractivity contribution in [1.29, 1.82) is 0 Å². The van der Waals surface area contributed by atoms with E-state index >= 15 is 0 Å². The molecule has 1 aromatic rings. The predicted molar refractivity (Wildman–Crippen MR) is 82.0 cm³/mol. The molecule has 0 radical (unpaired) electrons. The van der Waals surface area contributed by atoms with E-state index in [4.69, 9.17) is 16.3 Å². The maximum Gasteiger partial charge on any atom is 0.138 e. The summed E-state index contributed by atoms with van der Waals surface area (Å²) < 4.78 is 6.97. The first-order valence-corrected chi connectivity index (χ1v) is 8.25. The molecule has 0 bridgehead atoms. The number of piperidine rings is 1. The van der Waals surface area contributed by atoms with Crippen molar-refractivity contribution in [3.63, 3.8) is 0 Å². The van der Waals surface area contributed by atoms with E-state index in [1.165, 1.54) is 32.4 Å². The van der Waals surface area contributed by atoms with Gasteiger partial charge in [-0.3, -0.25) is 0 Å². The highest BCUT2D eigenvalue weighted by Gasteiger charge is 2.35. The molecular weight excluding hydrogens is 326 g/mol. The molecule has 1 aromatic carbocycles. The molecule has 1 saturated carbocycles. The zero-order valence-corrected chi connectivity index (χ0v) is 13.3. The van der Waals surface area contributed by atoms with Crippen molar-refractivity contribution in [2.75, 3.05) is 13.1 Å². The number of nitrogens with zero attached hydrogens (tertiary/aromatic N) is 1. The van der Waals surface area contributed by atoms with Crippen LogP contribution in [0.5, 0.6) is 5.75 Å². The quantitative estimate of drug-likeness (QED) is 0.800. The first kappa shape index (κ1) is 13.7. The monoisotopic (exact) mass is 343 g/mol. The molecule has 19 heavy (non-hydrogen) atoms. The Labute approximate surface area is 128 Å². The number of hydrogen-bond donors (Lipinski definition) is 0. The summed E-state index contributed by atoms with van der Waals surface area (Å²) in [6.45, 7) is 2.55. The lowest BCUT2D eigenvalue weighted by molar-refractivity contribution is 0.00896. The fraction of sp³-hybridized carbons (Fsp3) is 0.600. The van der Waals surface area contributed by atoms with E-state index in [1.54, 1.807) is 0 Å².